The van der Waals surface area contributed by atoms with E-state index in [0.717, 1.165) is 22.9 Å². The Bertz CT molecular complexity index is 1520. The lowest BCUT2D eigenvalue weighted by Gasteiger charge is -2.22. The van der Waals surface area contributed by atoms with Crippen LogP contribution in [0.25, 0.3) is 11.1 Å². The van der Waals surface area contributed by atoms with Crippen molar-refractivity contribution < 1.29 is 26.7 Å². The molecule has 0 fully saturated rings. The van der Waals surface area contributed by atoms with Crippen molar-refractivity contribution in [3.05, 3.63) is 99.9 Å². The number of nitrogens with zero attached hydrogens (tertiary/aromatic N) is 4. The number of carbonyl (C=O) groups is 1. The third kappa shape index (κ3) is 6.14. The van der Waals surface area contributed by atoms with Crippen LogP contribution in [-0.4, -0.2) is 25.7 Å². The fraction of sp³-hybridized carbons (Fsp3) is 0.286. The molecule has 40 heavy (non-hydrogen) atoms. The highest BCUT2D eigenvalue weighted by molar-refractivity contribution is 6.30. The molecule has 1 aliphatic rings. The van der Waals surface area contributed by atoms with Gasteiger partial charge in [-0.1, -0.05) is 23.7 Å². The Morgan fingerprint density at radius 3 is 2.45 bits per heavy atom. The highest BCUT2D eigenvalue weighted by Gasteiger charge is 2.39. The number of aromatic nitrogens is 4. The number of hydrogen-bond acceptors (Lipinski definition) is 4. The minimum absolute atomic E-state index is 0.0525. The quantitative estimate of drug-likeness (QED) is 0.264. The molecule has 2 heterocycles. The average molecular weight is 576 g/mol. The topological polar surface area (TPSA) is 72.7 Å². The van der Waals surface area contributed by atoms with Gasteiger partial charge in [0.15, 0.2) is 5.69 Å². The molecule has 12 heteroatoms. The summed E-state index contributed by atoms with van der Waals surface area (Å²) in [4.78, 5) is 21.7. The molecule has 1 atom stereocenters. The zero-order valence-electron chi connectivity index (χ0n) is 21.0. The Morgan fingerprint density at radius 1 is 1.05 bits per heavy atom. The first-order chi connectivity index (χ1) is 19.1. The van der Waals surface area contributed by atoms with Gasteiger partial charge in [-0.25, -0.2) is 18.7 Å². The predicted molar refractivity (Wildman–Crippen MR) is 137 cm³/mol. The SMILES string of the molecule is O=C(Cn1nc(C(F)(F)F)c2c1CCCC2)N[C@@H](Cc1cc(F)cc(F)c1)c1ncncc1-c1ccc(Cl)cc1. The van der Waals surface area contributed by atoms with Crippen LogP contribution in [0.15, 0.2) is 55.0 Å². The van der Waals surface area contributed by atoms with Crippen LogP contribution in [0.2, 0.25) is 5.02 Å². The lowest BCUT2D eigenvalue weighted by Crippen LogP contribution is -2.34. The van der Waals surface area contributed by atoms with E-state index >= 15 is 0 Å². The number of fused-ring (bicyclic) bond motifs is 1. The largest absolute Gasteiger partial charge is 0.435 e. The van der Waals surface area contributed by atoms with E-state index in [1.54, 1.807) is 24.3 Å². The van der Waals surface area contributed by atoms with Crippen LogP contribution in [0.5, 0.6) is 0 Å². The molecule has 1 amide bonds. The van der Waals surface area contributed by atoms with E-state index in [2.05, 4.69) is 20.4 Å². The molecule has 0 spiro atoms. The summed E-state index contributed by atoms with van der Waals surface area (Å²) in [5.41, 5.74) is 1.37. The number of hydrogen-bond donors (Lipinski definition) is 1. The van der Waals surface area contributed by atoms with Gasteiger partial charge in [-0.3, -0.25) is 9.48 Å². The Kier molecular flexibility index (Phi) is 7.84. The van der Waals surface area contributed by atoms with Gasteiger partial charge in [0, 0.05) is 34.1 Å². The molecule has 5 rings (SSSR count). The molecule has 2 aromatic carbocycles. The zero-order valence-corrected chi connectivity index (χ0v) is 21.7. The van der Waals surface area contributed by atoms with Gasteiger partial charge in [-0.15, -0.1) is 0 Å². The van der Waals surface area contributed by atoms with Crippen LogP contribution in [0.3, 0.4) is 0 Å². The molecule has 0 radical (unpaired) electrons. The van der Waals surface area contributed by atoms with Gasteiger partial charge < -0.3 is 5.32 Å². The van der Waals surface area contributed by atoms with Crippen molar-refractivity contribution in [2.45, 2.75) is 50.9 Å². The van der Waals surface area contributed by atoms with Crippen LogP contribution >= 0.6 is 11.6 Å². The van der Waals surface area contributed by atoms with Crippen molar-refractivity contribution in [2.24, 2.45) is 0 Å². The summed E-state index contributed by atoms with van der Waals surface area (Å²) in [7, 11) is 0. The molecule has 0 saturated heterocycles. The summed E-state index contributed by atoms with van der Waals surface area (Å²) in [6, 6.07) is 8.93. The van der Waals surface area contributed by atoms with Crippen molar-refractivity contribution in [3.63, 3.8) is 0 Å². The molecule has 0 unspecified atom stereocenters. The first-order valence-corrected chi connectivity index (χ1v) is 12.9. The maximum Gasteiger partial charge on any atom is 0.435 e. The molecule has 0 saturated carbocycles. The predicted octanol–water partition coefficient (Wildman–Crippen LogP) is 6.27. The zero-order chi connectivity index (χ0) is 28.4. The molecule has 2 aromatic heterocycles. The summed E-state index contributed by atoms with van der Waals surface area (Å²) in [5.74, 6) is -2.21. The van der Waals surface area contributed by atoms with E-state index in [0.29, 0.717) is 46.8 Å². The van der Waals surface area contributed by atoms with Crippen LogP contribution < -0.4 is 5.32 Å². The first kappa shape index (κ1) is 27.7. The summed E-state index contributed by atoms with van der Waals surface area (Å²) in [6.45, 7) is -0.464. The summed E-state index contributed by atoms with van der Waals surface area (Å²) in [6.07, 6.45) is 0.0496. The van der Waals surface area contributed by atoms with E-state index in [1.807, 2.05) is 0 Å². The van der Waals surface area contributed by atoms with Gasteiger partial charge in [0.25, 0.3) is 0 Å². The maximum atomic E-state index is 14.0. The van der Waals surface area contributed by atoms with Crippen molar-refractivity contribution in [1.29, 1.82) is 0 Å². The van der Waals surface area contributed by atoms with E-state index < -0.39 is 42.0 Å². The molecule has 1 aliphatic carbocycles. The Labute approximate surface area is 231 Å². The van der Waals surface area contributed by atoms with Gasteiger partial charge in [0.05, 0.1) is 11.7 Å². The molecule has 208 valence electrons. The average Bonchev–Trinajstić information content (AvgIpc) is 3.27. The third-order valence-electron chi connectivity index (χ3n) is 6.74. The van der Waals surface area contributed by atoms with Crippen LogP contribution in [0.4, 0.5) is 22.0 Å². The fourth-order valence-electron chi connectivity index (χ4n) is 5.05. The highest BCUT2D eigenvalue weighted by Crippen LogP contribution is 2.36. The fourth-order valence-corrected chi connectivity index (χ4v) is 5.18. The van der Waals surface area contributed by atoms with Crippen LogP contribution in [-0.2, 0) is 36.8 Å². The molecular weight excluding hydrogens is 553 g/mol. The van der Waals surface area contributed by atoms with E-state index in [-0.39, 0.29) is 24.0 Å². The van der Waals surface area contributed by atoms with Gasteiger partial charge in [0.2, 0.25) is 5.91 Å². The number of rotatable bonds is 7. The van der Waals surface area contributed by atoms with Gasteiger partial charge in [-0.2, -0.15) is 18.3 Å². The molecule has 0 bridgehead atoms. The highest BCUT2D eigenvalue weighted by atomic mass is 35.5. The van der Waals surface area contributed by atoms with Crippen molar-refractivity contribution in [1.82, 2.24) is 25.1 Å². The number of nitrogens with one attached hydrogen (secondary N) is 1. The van der Waals surface area contributed by atoms with Crippen LogP contribution in [0.1, 0.15) is 47.1 Å². The first-order valence-electron chi connectivity index (χ1n) is 12.5. The van der Waals surface area contributed by atoms with E-state index in [1.165, 1.54) is 12.5 Å². The smallest absolute Gasteiger partial charge is 0.346 e. The summed E-state index contributed by atoms with van der Waals surface area (Å²) < 4.78 is 70.0. The summed E-state index contributed by atoms with van der Waals surface area (Å²) >= 11 is 6.03. The lowest BCUT2D eigenvalue weighted by atomic mass is 9.95. The Balaban J connectivity index is 1.49. The second-order valence-electron chi connectivity index (χ2n) is 9.57. The van der Waals surface area contributed by atoms with Gasteiger partial charge in [0.1, 0.15) is 24.5 Å². The number of alkyl halides is 3. The summed E-state index contributed by atoms with van der Waals surface area (Å²) in [5, 5.41) is 7.06. The lowest BCUT2D eigenvalue weighted by molar-refractivity contribution is -0.142. The maximum absolute atomic E-state index is 14.0. The second-order valence-corrected chi connectivity index (χ2v) is 10.0. The number of carbonyl (C=O) groups excluding carboxylic acids is 1. The Hall–Kier alpha value is -3.86. The second kappa shape index (κ2) is 11.3. The van der Waals surface area contributed by atoms with Crippen LogP contribution in [0, 0.1) is 11.6 Å². The van der Waals surface area contributed by atoms with Crippen molar-refractivity contribution in [2.75, 3.05) is 0 Å². The Morgan fingerprint density at radius 2 is 1.75 bits per heavy atom. The number of benzene rings is 2. The molecule has 1 N–H and O–H groups in total. The van der Waals surface area contributed by atoms with E-state index in [9.17, 15) is 26.7 Å². The van der Waals surface area contributed by atoms with Crippen molar-refractivity contribution in [3.8, 4) is 11.1 Å². The third-order valence-corrected chi connectivity index (χ3v) is 7.00. The molecule has 6 nitrogen and oxygen atoms in total. The normalized spacial score (nSPS) is 14.1. The minimum Gasteiger partial charge on any atom is -0.346 e. The monoisotopic (exact) mass is 575 g/mol. The number of halogens is 6. The number of amides is 1. The molecule has 0 aliphatic heterocycles. The standard InChI is InChI=1S/C28H23ClF5N5O/c29-18-7-5-17(6-8-18)22-13-35-15-36-26(22)23(11-16-9-19(30)12-20(31)10-16)37-25(40)14-39-24-4-2-1-3-21(24)27(38-39)28(32,33)34/h5-10,12-13,15,23H,1-4,11,14H2,(H,37,40)/t23-/m0/s1. The van der Waals surface area contributed by atoms with Crippen molar-refractivity contribution >= 4 is 17.5 Å². The molecule has 4 aromatic rings. The van der Waals surface area contributed by atoms with Gasteiger partial charge in [-0.05, 0) is 67.5 Å². The minimum atomic E-state index is -4.64. The molecular formula is C28H23ClF5N5O. The van der Waals surface area contributed by atoms with Gasteiger partial charge >= 0.3 is 6.18 Å². The van der Waals surface area contributed by atoms with E-state index in [4.69, 9.17) is 11.6 Å².